The van der Waals surface area contributed by atoms with E-state index in [0.717, 1.165) is 37.1 Å². The van der Waals surface area contributed by atoms with Gasteiger partial charge in [-0.05, 0) is 42.8 Å². The van der Waals surface area contributed by atoms with Crippen molar-refractivity contribution in [3.05, 3.63) is 60.0 Å². The van der Waals surface area contributed by atoms with Crippen LogP contribution in [-0.4, -0.2) is 32.0 Å². The molecule has 29 heavy (non-hydrogen) atoms. The summed E-state index contributed by atoms with van der Waals surface area (Å²) in [4.78, 5) is 10.8. The zero-order valence-electron chi connectivity index (χ0n) is 16.2. The lowest BCUT2D eigenvalue weighted by molar-refractivity contribution is 0.588. The average molecular weight is 412 g/mol. The first-order valence-electron chi connectivity index (χ1n) is 9.25. The fourth-order valence-electron chi connectivity index (χ4n) is 3.00. The molecule has 1 atom stereocenters. The molecule has 0 fully saturated rings. The highest BCUT2D eigenvalue weighted by atomic mass is 32.2. The van der Waals surface area contributed by atoms with Crippen LogP contribution in [0.5, 0.6) is 0 Å². The SMILES string of the molecule is CCCCN(C)c1nc2ccccc2nc1[C@@H](C#N)S(=O)(=O)c1ccc(F)cc1. The number of anilines is 1. The van der Waals surface area contributed by atoms with Crippen molar-refractivity contribution in [1.82, 2.24) is 9.97 Å². The topological polar surface area (TPSA) is 86.9 Å². The molecule has 150 valence electrons. The fraction of sp³-hybridized carbons (Fsp3) is 0.286. The van der Waals surface area contributed by atoms with Gasteiger partial charge in [0.05, 0.1) is 22.0 Å². The van der Waals surface area contributed by atoms with Crippen molar-refractivity contribution < 1.29 is 12.8 Å². The van der Waals surface area contributed by atoms with Gasteiger partial charge in [-0.25, -0.2) is 22.8 Å². The number of halogens is 1. The van der Waals surface area contributed by atoms with Crippen molar-refractivity contribution in [2.75, 3.05) is 18.5 Å². The molecular weight excluding hydrogens is 391 g/mol. The summed E-state index contributed by atoms with van der Waals surface area (Å²) in [6.45, 7) is 2.70. The van der Waals surface area contributed by atoms with Gasteiger partial charge in [-0.1, -0.05) is 25.5 Å². The lowest BCUT2D eigenvalue weighted by atomic mass is 10.2. The Hall–Kier alpha value is -3.05. The largest absolute Gasteiger partial charge is 0.358 e. The number of fused-ring (bicyclic) bond motifs is 1. The predicted molar refractivity (Wildman–Crippen MR) is 110 cm³/mol. The average Bonchev–Trinajstić information content (AvgIpc) is 2.72. The van der Waals surface area contributed by atoms with Crippen molar-refractivity contribution in [3.63, 3.8) is 0 Å². The van der Waals surface area contributed by atoms with Crippen LogP contribution in [0.2, 0.25) is 0 Å². The second-order valence-corrected chi connectivity index (χ2v) is 8.74. The van der Waals surface area contributed by atoms with E-state index in [1.807, 2.05) is 17.0 Å². The second-order valence-electron chi connectivity index (χ2n) is 6.70. The summed E-state index contributed by atoms with van der Waals surface area (Å²) in [5.41, 5.74) is 1.20. The maximum absolute atomic E-state index is 13.3. The minimum Gasteiger partial charge on any atom is -0.358 e. The zero-order chi connectivity index (χ0) is 21.0. The van der Waals surface area contributed by atoms with E-state index < -0.39 is 20.9 Å². The number of nitriles is 1. The van der Waals surface area contributed by atoms with E-state index in [2.05, 4.69) is 16.9 Å². The highest BCUT2D eigenvalue weighted by Gasteiger charge is 2.34. The summed E-state index contributed by atoms with van der Waals surface area (Å²) in [5, 5.41) is 8.23. The molecule has 0 amide bonds. The molecule has 3 aromatic rings. The molecule has 0 spiro atoms. The van der Waals surface area contributed by atoms with Gasteiger partial charge in [-0.2, -0.15) is 5.26 Å². The molecule has 1 aromatic heterocycles. The Morgan fingerprint density at radius 1 is 1.10 bits per heavy atom. The molecule has 0 saturated heterocycles. The number of sulfone groups is 1. The van der Waals surface area contributed by atoms with Gasteiger partial charge in [0.1, 0.15) is 11.5 Å². The lowest BCUT2D eigenvalue weighted by Crippen LogP contribution is -2.24. The molecule has 0 unspecified atom stereocenters. The van der Waals surface area contributed by atoms with Crippen LogP contribution in [0, 0.1) is 17.1 Å². The first kappa shape index (κ1) is 20.7. The van der Waals surface area contributed by atoms with E-state index in [9.17, 15) is 18.1 Å². The summed E-state index contributed by atoms with van der Waals surface area (Å²) < 4.78 is 39.6. The van der Waals surface area contributed by atoms with E-state index in [4.69, 9.17) is 0 Å². The molecule has 0 radical (unpaired) electrons. The van der Waals surface area contributed by atoms with E-state index >= 15 is 0 Å². The number of hydrogen-bond acceptors (Lipinski definition) is 6. The normalized spacial score (nSPS) is 12.5. The van der Waals surface area contributed by atoms with Crippen molar-refractivity contribution >= 4 is 26.7 Å². The molecule has 0 aliphatic rings. The molecule has 3 rings (SSSR count). The third-order valence-corrected chi connectivity index (χ3v) is 6.48. The Balaban J connectivity index is 2.19. The van der Waals surface area contributed by atoms with E-state index in [1.54, 1.807) is 25.2 Å². The van der Waals surface area contributed by atoms with Crippen molar-refractivity contribution in [3.8, 4) is 6.07 Å². The Bertz CT molecular complexity index is 1160. The Labute approximate surface area is 169 Å². The molecular formula is C21H21FN4O2S. The highest BCUT2D eigenvalue weighted by Crippen LogP contribution is 2.33. The number of para-hydroxylation sites is 2. The number of benzene rings is 2. The highest BCUT2D eigenvalue weighted by molar-refractivity contribution is 7.92. The Kier molecular flexibility index (Phi) is 6.09. The smallest absolute Gasteiger partial charge is 0.200 e. The Morgan fingerprint density at radius 2 is 1.72 bits per heavy atom. The van der Waals surface area contributed by atoms with Gasteiger partial charge in [0.2, 0.25) is 9.84 Å². The first-order valence-corrected chi connectivity index (χ1v) is 10.8. The fourth-order valence-corrected chi connectivity index (χ4v) is 4.38. The van der Waals surface area contributed by atoms with Crippen LogP contribution in [0.1, 0.15) is 30.7 Å². The number of hydrogen-bond donors (Lipinski definition) is 0. The summed E-state index contributed by atoms with van der Waals surface area (Å²) in [6.07, 6.45) is 1.84. The van der Waals surface area contributed by atoms with Gasteiger partial charge in [0.25, 0.3) is 0 Å². The van der Waals surface area contributed by atoms with Crippen LogP contribution in [-0.2, 0) is 9.84 Å². The second kappa shape index (κ2) is 8.53. The summed E-state index contributed by atoms with van der Waals surface area (Å²) in [6, 6.07) is 13.4. The van der Waals surface area contributed by atoms with Gasteiger partial charge in [-0.15, -0.1) is 0 Å². The first-order chi connectivity index (χ1) is 13.9. The van der Waals surface area contributed by atoms with Crippen LogP contribution in [0.15, 0.2) is 53.4 Å². The van der Waals surface area contributed by atoms with Gasteiger partial charge < -0.3 is 4.90 Å². The molecule has 2 aromatic carbocycles. The predicted octanol–water partition coefficient (Wildman–Crippen LogP) is 4.04. The van der Waals surface area contributed by atoms with Crippen LogP contribution < -0.4 is 4.90 Å². The molecule has 0 aliphatic heterocycles. The number of nitrogens with zero attached hydrogens (tertiary/aromatic N) is 4. The summed E-state index contributed by atoms with van der Waals surface area (Å²) >= 11 is 0. The van der Waals surface area contributed by atoms with Gasteiger partial charge in [0, 0.05) is 13.6 Å². The Morgan fingerprint density at radius 3 is 2.31 bits per heavy atom. The molecule has 6 nitrogen and oxygen atoms in total. The molecule has 8 heteroatoms. The zero-order valence-corrected chi connectivity index (χ0v) is 17.0. The summed E-state index contributed by atoms with van der Waals surface area (Å²) in [5.74, 6) is -0.197. The van der Waals surface area contributed by atoms with Crippen LogP contribution in [0.4, 0.5) is 10.2 Å². The minimum atomic E-state index is -4.12. The maximum atomic E-state index is 13.3. The molecule has 0 N–H and O–H groups in total. The van der Waals surface area contributed by atoms with Crippen molar-refractivity contribution in [2.24, 2.45) is 0 Å². The van der Waals surface area contributed by atoms with E-state index in [-0.39, 0.29) is 10.6 Å². The maximum Gasteiger partial charge on any atom is 0.200 e. The number of aromatic nitrogens is 2. The van der Waals surface area contributed by atoms with E-state index in [0.29, 0.717) is 23.4 Å². The third kappa shape index (κ3) is 4.20. The van der Waals surface area contributed by atoms with E-state index in [1.165, 1.54) is 0 Å². The summed E-state index contributed by atoms with van der Waals surface area (Å²) in [7, 11) is -2.32. The molecule has 0 bridgehead atoms. The van der Waals surface area contributed by atoms with Crippen LogP contribution >= 0.6 is 0 Å². The number of unbranched alkanes of at least 4 members (excludes halogenated alkanes) is 1. The van der Waals surface area contributed by atoms with Crippen molar-refractivity contribution in [1.29, 1.82) is 5.26 Å². The monoisotopic (exact) mass is 412 g/mol. The quantitative estimate of drug-likeness (QED) is 0.544. The van der Waals surface area contributed by atoms with Crippen LogP contribution in [0.3, 0.4) is 0 Å². The third-order valence-electron chi connectivity index (χ3n) is 4.60. The van der Waals surface area contributed by atoms with Gasteiger partial charge in [0.15, 0.2) is 11.1 Å². The van der Waals surface area contributed by atoms with Crippen LogP contribution in [0.25, 0.3) is 11.0 Å². The molecule has 1 heterocycles. The molecule has 0 saturated carbocycles. The van der Waals surface area contributed by atoms with Gasteiger partial charge in [-0.3, -0.25) is 0 Å². The standard InChI is InChI=1S/C21H21FN4O2S/c1-3-4-13-26(2)21-20(24-17-7-5-6-8-18(17)25-21)19(14-23)29(27,28)16-11-9-15(22)10-12-16/h5-12,19H,3-4,13H2,1-2H3/t19-/m1/s1. The molecule has 0 aliphatic carbocycles. The van der Waals surface area contributed by atoms with Crippen molar-refractivity contribution in [2.45, 2.75) is 29.9 Å². The lowest BCUT2D eigenvalue weighted by Gasteiger charge is -2.23. The number of rotatable bonds is 7. The van der Waals surface area contributed by atoms with Gasteiger partial charge >= 0.3 is 0 Å². The minimum absolute atomic E-state index is 0.0779.